The van der Waals surface area contributed by atoms with Crippen molar-refractivity contribution in [2.45, 2.75) is 19.4 Å². The van der Waals surface area contributed by atoms with Crippen LogP contribution >= 0.6 is 0 Å². The molecule has 0 saturated carbocycles. The third-order valence-electron chi connectivity index (χ3n) is 1.13. The lowest BCUT2D eigenvalue weighted by Gasteiger charge is -2.09. The summed E-state index contributed by atoms with van der Waals surface area (Å²) in [6, 6.07) is 0.0648. The van der Waals surface area contributed by atoms with Crippen LogP contribution in [0.3, 0.4) is 0 Å². The molecular formula is C5H13N3. The van der Waals surface area contributed by atoms with Gasteiger partial charge >= 0.3 is 0 Å². The Morgan fingerprint density at radius 2 is 2.38 bits per heavy atom. The van der Waals surface area contributed by atoms with Gasteiger partial charge in [-0.05, 0) is 13.5 Å². The average Bonchev–Trinajstić information content (AvgIpc) is 1.69. The summed E-state index contributed by atoms with van der Waals surface area (Å²) < 4.78 is 0. The van der Waals surface area contributed by atoms with Crippen LogP contribution in [0.5, 0.6) is 0 Å². The molecule has 3 nitrogen and oxygen atoms in total. The van der Waals surface area contributed by atoms with Crippen LogP contribution in [-0.2, 0) is 0 Å². The molecule has 0 bridgehead atoms. The number of rotatable bonds is 3. The first-order valence-corrected chi connectivity index (χ1v) is 2.73. The minimum atomic E-state index is 0.0648. The minimum Gasteiger partial charge on any atom is -0.386 e. The quantitative estimate of drug-likeness (QED) is 0.356. The van der Waals surface area contributed by atoms with Gasteiger partial charge in [-0.1, -0.05) is 6.92 Å². The first-order chi connectivity index (χ1) is 3.72. The standard InChI is InChI=1S/C5H13N3/c1-3-4(8-2)5(6)7/h4,8H,3H2,1-2H3,(H3,6,7). The fraction of sp³-hybridized carbons (Fsp3) is 0.800. The third kappa shape index (κ3) is 1.93. The molecule has 1 atom stereocenters. The van der Waals surface area contributed by atoms with Crippen molar-refractivity contribution < 1.29 is 0 Å². The lowest BCUT2D eigenvalue weighted by atomic mass is 10.2. The van der Waals surface area contributed by atoms with Gasteiger partial charge in [-0.2, -0.15) is 0 Å². The van der Waals surface area contributed by atoms with Crippen molar-refractivity contribution in [3.05, 3.63) is 0 Å². The van der Waals surface area contributed by atoms with Gasteiger partial charge in [0, 0.05) is 0 Å². The van der Waals surface area contributed by atoms with Gasteiger partial charge < -0.3 is 11.1 Å². The summed E-state index contributed by atoms with van der Waals surface area (Å²) in [5, 5.41) is 9.87. The molecule has 48 valence electrons. The lowest BCUT2D eigenvalue weighted by Crippen LogP contribution is -2.37. The summed E-state index contributed by atoms with van der Waals surface area (Å²) >= 11 is 0. The van der Waals surface area contributed by atoms with Crippen LogP contribution in [-0.4, -0.2) is 18.9 Å². The maximum Gasteiger partial charge on any atom is 0.108 e. The van der Waals surface area contributed by atoms with Crippen LogP contribution in [0.2, 0.25) is 0 Å². The zero-order valence-electron chi connectivity index (χ0n) is 5.36. The van der Waals surface area contributed by atoms with E-state index in [9.17, 15) is 0 Å². The summed E-state index contributed by atoms with van der Waals surface area (Å²) in [5.41, 5.74) is 5.18. The molecule has 0 heterocycles. The molecule has 0 radical (unpaired) electrons. The highest BCUT2D eigenvalue weighted by molar-refractivity contribution is 5.82. The molecule has 3 heteroatoms. The summed E-state index contributed by atoms with van der Waals surface area (Å²) in [5.74, 6) is 0.218. The number of hydrogen-bond acceptors (Lipinski definition) is 2. The molecule has 0 aliphatic rings. The molecule has 0 spiro atoms. The Labute approximate surface area is 49.8 Å². The number of nitrogens with one attached hydrogen (secondary N) is 2. The van der Waals surface area contributed by atoms with E-state index in [4.69, 9.17) is 11.1 Å². The first kappa shape index (κ1) is 7.43. The highest BCUT2D eigenvalue weighted by atomic mass is 14.9. The van der Waals surface area contributed by atoms with Gasteiger partial charge in [0.25, 0.3) is 0 Å². The molecule has 0 amide bonds. The minimum absolute atomic E-state index is 0.0648. The molecule has 1 unspecified atom stereocenters. The van der Waals surface area contributed by atoms with Gasteiger partial charge in [0.15, 0.2) is 0 Å². The molecule has 0 aliphatic carbocycles. The highest BCUT2D eigenvalue weighted by Crippen LogP contribution is 1.85. The van der Waals surface area contributed by atoms with Crippen molar-refractivity contribution in [2.24, 2.45) is 5.73 Å². The van der Waals surface area contributed by atoms with E-state index in [1.807, 2.05) is 6.92 Å². The van der Waals surface area contributed by atoms with E-state index in [1.165, 1.54) is 0 Å². The van der Waals surface area contributed by atoms with Crippen LogP contribution < -0.4 is 11.1 Å². The predicted octanol–water partition coefficient (Wildman–Crippen LogP) is -0.0796. The van der Waals surface area contributed by atoms with Gasteiger partial charge in [-0.3, -0.25) is 5.41 Å². The Morgan fingerprint density at radius 1 is 1.88 bits per heavy atom. The van der Waals surface area contributed by atoms with Crippen LogP contribution in [0, 0.1) is 5.41 Å². The van der Waals surface area contributed by atoms with E-state index >= 15 is 0 Å². The first-order valence-electron chi connectivity index (χ1n) is 2.73. The maximum atomic E-state index is 6.97. The molecule has 8 heavy (non-hydrogen) atoms. The van der Waals surface area contributed by atoms with Crippen LogP contribution in [0.25, 0.3) is 0 Å². The second kappa shape index (κ2) is 3.43. The Morgan fingerprint density at radius 3 is 2.38 bits per heavy atom. The molecule has 0 aliphatic heterocycles. The summed E-state index contributed by atoms with van der Waals surface area (Å²) in [7, 11) is 1.80. The fourth-order valence-corrected chi connectivity index (χ4v) is 0.580. The van der Waals surface area contributed by atoms with E-state index in [0.717, 1.165) is 6.42 Å². The Kier molecular flexibility index (Phi) is 3.19. The molecule has 0 aromatic rings. The molecule has 0 fully saturated rings. The number of likely N-dealkylation sites (N-methyl/N-ethyl adjacent to an activating group) is 1. The Balaban J connectivity index is 3.52. The normalized spacial score (nSPS) is 13.2. The zero-order valence-corrected chi connectivity index (χ0v) is 5.36. The summed E-state index contributed by atoms with van der Waals surface area (Å²) in [6.07, 6.45) is 0.881. The van der Waals surface area contributed by atoms with Crippen molar-refractivity contribution in [3.8, 4) is 0 Å². The van der Waals surface area contributed by atoms with E-state index in [1.54, 1.807) is 7.05 Å². The second-order valence-electron chi connectivity index (χ2n) is 1.70. The number of nitrogens with two attached hydrogens (primary N) is 1. The maximum absolute atomic E-state index is 6.97. The Bertz CT molecular complexity index is 75.7. The molecular weight excluding hydrogens is 102 g/mol. The van der Waals surface area contributed by atoms with Gasteiger partial charge in [-0.25, -0.2) is 0 Å². The molecule has 0 saturated heterocycles. The van der Waals surface area contributed by atoms with E-state index in [2.05, 4.69) is 5.32 Å². The van der Waals surface area contributed by atoms with Crippen LogP contribution in [0.1, 0.15) is 13.3 Å². The van der Waals surface area contributed by atoms with Crippen molar-refractivity contribution in [1.29, 1.82) is 5.41 Å². The van der Waals surface area contributed by atoms with Crippen molar-refractivity contribution in [2.75, 3.05) is 7.05 Å². The largest absolute Gasteiger partial charge is 0.386 e. The van der Waals surface area contributed by atoms with Crippen molar-refractivity contribution >= 4 is 5.84 Å². The second-order valence-corrected chi connectivity index (χ2v) is 1.70. The molecule has 4 N–H and O–H groups in total. The predicted molar refractivity (Wildman–Crippen MR) is 35.1 cm³/mol. The molecule has 0 rings (SSSR count). The van der Waals surface area contributed by atoms with Crippen LogP contribution in [0.15, 0.2) is 0 Å². The smallest absolute Gasteiger partial charge is 0.108 e. The van der Waals surface area contributed by atoms with Gasteiger partial charge in [0.05, 0.1) is 6.04 Å². The number of amidine groups is 1. The highest BCUT2D eigenvalue weighted by Gasteiger charge is 2.02. The van der Waals surface area contributed by atoms with Gasteiger partial charge in [-0.15, -0.1) is 0 Å². The van der Waals surface area contributed by atoms with E-state index in [-0.39, 0.29) is 11.9 Å². The van der Waals surface area contributed by atoms with Crippen molar-refractivity contribution in [1.82, 2.24) is 5.32 Å². The fourth-order valence-electron chi connectivity index (χ4n) is 0.580. The van der Waals surface area contributed by atoms with E-state index in [0.29, 0.717) is 0 Å². The monoisotopic (exact) mass is 115 g/mol. The lowest BCUT2D eigenvalue weighted by molar-refractivity contribution is 0.671. The van der Waals surface area contributed by atoms with Crippen LogP contribution in [0.4, 0.5) is 0 Å². The average molecular weight is 115 g/mol. The Hall–Kier alpha value is -0.570. The molecule has 0 aromatic heterocycles. The topological polar surface area (TPSA) is 61.9 Å². The summed E-state index contributed by atoms with van der Waals surface area (Å²) in [6.45, 7) is 1.99. The van der Waals surface area contributed by atoms with Crippen molar-refractivity contribution in [3.63, 3.8) is 0 Å². The number of hydrogen-bond donors (Lipinski definition) is 3. The third-order valence-corrected chi connectivity index (χ3v) is 1.13. The van der Waals surface area contributed by atoms with Gasteiger partial charge in [0.2, 0.25) is 0 Å². The SMILES string of the molecule is CCC(NC)C(=N)N. The van der Waals surface area contributed by atoms with Gasteiger partial charge in [0.1, 0.15) is 5.84 Å². The molecule has 0 aromatic carbocycles. The van der Waals surface area contributed by atoms with E-state index < -0.39 is 0 Å². The zero-order chi connectivity index (χ0) is 6.57. The summed E-state index contributed by atoms with van der Waals surface area (Å²) in [4.78, 5) is 0.